The Hall–Kier alpha value is -4.20. The highest BCUT2D eigenvalue weighted by atomic mass is 16.6. The maximum Gasteiger partial charge on any atom is 0.407 e. The smallest absolute Gasteiger partial charge is 0.407 e. The minimum atomic E-state index is -0.643. The zero-order valence-electron chi connectivity index (χ0n) is 20.2. The van der Waals surface area contributed by atoms with Crippen molar-refractivity contribution < 1.29 is 19.4 Å². The minimum Gasteiger partial charge on any atom is -0.508 e. The lowest BCUT2D eigenvalue weighted by atomic mass is 9.88. The van der Waals surface area contributed by atoms with Crippen LogP contribution in [0.3, 0.4) is 0 Å². The van der Waals surface area contributed by atoms with E-state index in [4.69, 9.17) is 4.74 Å². The summed E-state index contributed by atoms with van der Waals surface area (Å²) >= 11 is 0. The zero-order chi connectivity index (χ0) is 25.2. The number of carbonyl (C=O) groups excluding carboxylic acids is 2. The van der Waals surface area contributed by atoms with E-state index in [9.17, 15) is 14.7 Å². The van der Waals surface area contributed by atoms with Crippen LogP contribution in [0, 0.1) is 0 Å². The highest BCUT2D eigenvalue weighted by Gasteiger charge is 2.23. The summed E-state index contributed by atoms with van der Waals surface area (Å²) in [5, 5.41) is 20.5. The van der Waals surface area contributed by atoms with Gasteiger partial charge in [-0.2, -0.15) is 5.10 Å². The molecule has 3 N–H and O–H groups in total. The third kappa shape index (κ3) is 5.16. The molecule has 2 heterocycles. The van der Waals surface area contributed by atoms with Gasteiger partial charge in [-0.1, -0.05) is 25.1 Å². The molecule has 0 spiro atoms. The molecule has 4 rings (SSSR count). The van der Waals surface area contributed by atoms with Crippen molar-refractivity contribution in [1.29, 1.82) is 0 Å². The number of hydrogen-bond acceptors (Lipinski definition) is 6. The second-order valence-electron chi connectivity index (χ2n) is 9.22. The SMILES string of the molecule is CCc1c(-c2ccc3[nH]ncc3c2)c(C=O)nc(CNC(=O)OC(C)(C)C)c1-c1ccc(O)cc1. The average molecular weight is 473 g/mol. The van der Waals surface area contributed by atoms with E-state index in [1.807, 2.05) is 25.1 Å². The largest absolute Gasteiger partial charge is 0.508 e. The number of pyridine rings is 1. The molecule has 0 aliphatic carbocycles. The molecule has 8 nitrogen and oxygen atoms in total. The van der Waals surface area contributed by atoms with Crippen molar-refractivity contribution in [3.63, 3.8) is 0 Å². The molecule has 2 aromatic heterocycles. The molecule has 1 amide bonds. The molecular weight excluding hydrogens is 444 g/mol. The van der Waals surface area contributed by atoms with Crippen molar-refractivity contribution in [3.05, 3.63) is 65.6 Å². The number of nitrogens with one attached hydrogen (secondary N) is 2. The van der Waals surface area contributed by atoms with Gasteiger partial charge in [-0.25, -0.2) is 9.78 Å². The Bertz CT molecular complexity index is 1390. The number of aromatic hydroxyl groups is 1. The second-order valence-corrected chi connectivity index (χ2v) is 9.22. The first-order chi connectivity index (χ1) is 16.7. The molecule has 35 heavy (non-hydrogen) atoms. The van der Waals surface area contributed by atoms with Crippen LogP contribution in [-0.4, -0.2) is 38.3 Å². The number of phenols is 1. The van der Waals surface area contributed by atoms with Crippen molar-refractivity contribution in [3.8, 4) is 28.0 Å². The van der Waals surface area contributed by atoms with Gasteiger partial charge in [0.2, 0.25) is 0 Å². The number of benzene rings is 2. The molecule has 0 saturated heterocycles. The highest BCUT2D eigenvalue weighted by Crippen LogP contribution is 2.38. The first kappa shape index (κ1) is 23.9. The van der Waals surface area contributed by atoms with Crippen molar-refractivity contribution in [1.82, 2.24) is 20.5 Å². The Labute approximate surface area is 203 Å². The van der Waals surface area contributed by atoms with Gasteiger partial charge >= 0.3 is 6.09 Å². The molecule has 0 aliphatic rings. The van der Waals surface area contributed by atoms with Crippen LogP contribution in [-0.2, 0) is 17.7 Å². The summed E-state index contributed by atoms with van der Waals surface area (Å²) < 4.78 is 5.37. The average Bonchev–Trinajstić information content (AvgIpc) is 3.29. The number of ether oxygens (including phenoxy) is 1. The molecule has 8 heteroatoms. The Morgan fingerprint density at radius 3 is 2.49 bits per heavy atom. The molecule has 2 aromatic carbocycles. The fourth-order valence-electron chi connectivity index (χ4n) is 4.14. The van der Waals surface area contributed by atoms with Crippen LogP contribution in [0.15, 0.2) is 48.7 Å². The molecular formula is C27H28N4O4. The number of aromatic nitrogens is 3. The van der Waals surface area contributed by atoms with Crippen LogP contribution in [0.4, 0.5) is 4.79 Å². The van der Waals surface area contributed by atoms with Crippen LogP contribution in [0.5, 0.6) is 5.75 Å². The van der Waals surface area contributed by atoms with Gasteiger partial charge in [0, 0.05) is 16.5 Å². The number of aromatic amines is 1. The zero-order valence-corrected chi connectivity index (χ0v) is 20.2. The number of fused-ring (bicyclic) bond motifs is 1. The topological polar surface area (TPSA) is 117 Å². The van der Waals surface area contributed by atoms with Crippen LogP contribution in [0.1, 0.15) is 49.4 Å². The summed E-state index contributed by atoms with van der Waals surface area (Å²) in [6.07, 6.45) is 2.51. The maximum absolute atomic E-state index is 12.3. The van der Waals surface area contributed by atoms with E-state index < -0.39 is 11.7 Å². The molecule has 0 atom stereocenters. The van der Waals surface area contributed by atoms with E-state index >= 15 is 0 Å². The minimum absolute atomic E-state index is 0.0695. The lowest BCUT2D eigenvalue weighted by Crippen LogP contribution is -2.32. The monoisotopic (exact) mass is 472 g/mol. The lowest BCUT2D eigenvalue weighted by Gasteiger charge is -2.22. The molecule has 0 radical (unpaired) electrons. The Morgan fingerprint density at radius 1 is 1.11 bits per heavy atom. The number of aldehydes is 1. The number of amides is 1. The van der Waals surface area contributed by atoms with E-state index in [2.05, 4.69) is 20.5 Å². The van der Waals surface area contributed by atoms with E-state index in [1.165, 1.54) is 0 Å². The standard InChI is InChI=1S/C27H28N4O4/c1-5-20-24(16-6-9-19(33)10-7-16)22(14-28-26(34)35-27(2,3)4)30-23(15-32)25(20)17-8-11-21-18(12-17)13-29-31-21/h6-13,15,33H,5,14H2,1-4H3,(H,28,34)(H,29,31). The normalized spacial score (nSPS) is 11.4. The predicted octanol–water partition coefficient (Wildman–Crippen LogP) is 5.40. The molecule has 0 fully saturated rings. The van der Waals surface area contributed by atoms with Gasteiger partial charge in [0.05, 0.1) is 24.0 Å². The number of phenolic OH excluding ortho intramolecular Hbond substituents is 1. The Kier molecular flexibility index (Phi) is 6.55. The summed E-state index contributed by atoms with van der Waals surface area (Å²) in [5.74, 6) is 0.142. The van der Waals surface area contributed by atoms with Crippen LogP contribution >= 0.6 is 0 Å². The first-order valence-corrected chi connectivity index (χ1v) is 11.4. The fourth-order valence-corrected chi connectivity index (χ4v) is 4.14. The molecule has 4 aromatic rings. The van der Waals surface area contributed by atoms with Crippen molar-refractivity contribution >= 4 is 23.3 Å². The predicted molar refractivity (Wildman–Crippen MR) is 134 cm³/mol. The fraction of sp³-hybridized carbons (Fsp3) is 0.259. The number of alkyl carbamates (subject to hydrolysis) is 1. The summed E-state index contributed by atoms with van der Waals surface area (Å²) in [4.78, 5) is 29.3. The number of rotatable bonds is 6. The van der Waals surface area contributed by atoms with E-state index in [0.717, 1.165) is 45.0 Å². The molecule has 0 aliphatic heterocycles. The van der Waals surface area contributed by atoms with E-state index in [1.54, 1.807) is 51.2 Å². The van der Waals surface area contributed by atoms with E-state index in [-0.39, 0.29) is 18.0 Å². The number of hydrogen-bond donors (Lipinski definition) is 3. The molecule has 180 valence electrons. The van der Waals surface area contributed by atoms with Gasteiger partial charge < -0.3 is 15.2 Å². The highest BCUT2D eigenvalue weighted by molar-refractivity contribution is 5.94. The Morgan fingerprint density at radius 2 is 1.83 bits per heavy atom. The van der Waals surface area contributed by atoms with Crippen molar-refractivity contribution in [2.45, 2.75) is 46.3 Å². The second kappa shape index (κ2) is 9.58. The number of nitrogens with zero attached hydrogens (tertiary/aromatic N) is 2. The van der Waals surface area contributed by atoms with Gasteiger partial charge in [0.1, 0.15) is 17.0 Å². The van der Waals surface area contributed by atoms with Crippen LogP contribution in [0.2, 0.25) is 0 Å². The van der Waals surface area contributed by atoms with Gasteiger partial charge in [-0.05, 0) is 68.1 Å². The maximum atomic E-state index is 12.3. The van der Waals surface area contributed by atoms with Gasteiger partial charge in [-0.3, -0.25) is 9.89 Å². The van der Waals surface area contributed by atoms with Crippen molar-refractivity contribution in [2.24, 2.45) is 0 Å². The third-order valence-electron chi connectivity index (χ3n) is 5.55. The third-order valence-corrected chi connectivity index (χ3v) is 5.55. The van der Waals surface area contributed by atoms with Crippen molar-refractivity contribution in [2.75, 3.05) is 0 Å². The number of H-pyrrole nitrogens is 1. The lowest BCUT2D eigenvalue weighted by molar-refractivity contribution is 0.0523. The quantitative estimate of drug-likeness (QED) is 0.324. The first-order valence-electron chi connectivity index (χ1n) is 11.4. The summed E-state index contributed by atoms with van der Waals surface area (Å²) in [5.41, 5.74) is 5.18. The van der Waals surface area contributed by atoms with E-state index in [0.29, 0.717) is 12.1 Å². The van der Waals surface area contributed by atoms with Crippen LogP contribution < -0.4 is 5.32 Å². The summed E-state index contributed by atoms with van der Waals surface area (Å²) in [6, 6.07) is 12.6. The molecule has 0 unspecified atom stereocenters. The van der Waals surface area contributed by atoms with Crippen LogP contribution in [0.25, 0.3) is 33.2 Å². The van der Waals surface area contributed by atoms with Gasteiger partial charge in [0.25, 0.3) is 0 Å². The molecule has 0 saturated carbocycles. The summed E-state index contributed by atoms with van der Waals surface area (Å²) in [6.45, 7) is 7.45. The Balaban J connectivity index is 1.89. The van der Waals surface area contributed by atoms with Gasteiger partial charge in [0.15, 0.2) is 6.29 Å². The summed E-state index contributed by atoms with van der Waals surface area (Å²) in [7, 11) is 0. The molecule has 0 bridgehead atoms. The number of carbonyl (C=O) groups is 2. The van der Waals surface area contributed by atoms with Gasteiger partial charge in [-0.15, -0.1) is 0 Å².